The van der Waals surface area contributed by atoms with E-state index in [1.54, 1.807) is 11.1 Å². The molecule has 0 bridgehead atoms. The molecule has 0 nitrogen and oxygen atoms in total. The second-order valence-electron chi connectivity index (χ2n) is 5.59. The lowest BCUT2D eigenvalue weighted by atomic mass is 9.87. The molecular weight excluding hydrogens is 216 g/mol. The van der Waals surface area contributed by atoms with Gasteiger partial charge in [0, 0.05) is 0 Å². The molecule has 0 saturated heterocycles. The summed E-state index contributed by atoms with van der Waals surface area (Å²) < 4.78 is 0. The Kier molecular flexibility index (Phi) is 3.36. The van der Waals surface area contributed by atoms with Crippen LogP contribution in [0.2, 0.25) is 0 Å². The standard InChI is InChI=1S/C18H22/c1-2-7-18-16-11-6-5-10-15(16)12-13-17(18)14-8-3-4-9-14/h5-6,10-14H,2-4,7-9H2,1H3. The monoisotopic (exact) mass is 238 g/mol. The number of rotatable bonds is 3. The second kappa shape index (κ2) is 5.14. The lowest BCUT2D eigenvalue weighted by Gasteiger charge is -2.17. The van der Waals surface area contributed by atoms with Crippen molar-refractivity contribution in [1.29, 1.82) is 0 Å². The van der Waals surface area contributed by atoms with Crippen LogP contribution in [0.3, 0.4) is 0 Å². The van der Waals surface area contributed by atoms with Gasteiger partial charge in [-0.15, -0.1) is 0 Å². The highest BCUT2D eigenvalue weighted by Crippen LogP contribution is 2.38. The van der Waals surface area contributed by atoms with Crippen molar-refractivity contribution in [3.8, 4) is 0 Å². The van der Waals surface area contributed by atoms with Crippen molar-refractivity contribution >= 4 is 10.8 Å². The summed E-state index contributed by atoms with van der Waals surface area (Å²) in [4.78, 5) is 0. The van der Waals surface area contributed by atoms with Crippen LogP contribution in [0, 0.1) is 0 Å². The lowest BCUT2D eigenvalue weighted by Crippen LogP contribution is -2.00. The van der Waals surface area contributed by atoms with Crippen LogP contribution in [0.25, 0.3) is 10.8 Å². The van der Waals surface area contributed by atoms with E-state index in [2.05, 4.69) is 43.3 Å². The van der Waals surface area contributed by atoms with Gasteiger partial charge in [-0.2, -0.15) is 0 Å². The average Bonchev–Trinajstić information content (AvgIpc) is 2.93. The van der Waals surface area contributed by atoms with E-state index in [4.69, 9.17) is 0 Å². The smallest absolute Gasteiger partial charge is 0.0149 e. The third-order valence-corrected chi connectivity index (χ3v) is 4.37. The topological polar surface area (TPSA) is 0 Å². The van der Waals surface area contributed by atoms with Crippen LogP contribution in [0.5, 0.6) is 0 Å². The van der Waals surface area contributed by atoms with Crippen molar-refractivity contribution in [1.82, 2.24) is 0 Å². The molecule has 0 heteroatoms. The van der Waals surface area contributed by atoms with Crippen molar-refractivity contribution < 1.29 is 0 Å². The van der Waals surface area contributed by atoms with Gasteiger partial charge >= 0.3 is 0 Å². The molecule has 18 heavy (non-hydrogen) atoms. The number of aryl methyl sites for hydroxylation is 1. The van der Waals surface area contributed by atoms with Crippen LogP contribution < -0.4 is 0 Å². The fourth-order valence-corrected chi connectivity index (χ4v) is 3.50. The van der Waals surface area contributed by atoms with Crippen LogP contribution in [-0.4, -0.2) is 0 Å². The molecule has 1 fully saturated rings. The van der Waals surface area contributed by atoms with E-state index in [1.807, 2.05) is 0 Å². The predicted octanol–water partition coefficient (Wildman–Crippen LogP) is 5.45. The summed E-state index contributed by atoms with van der Waals surface area (Å²) in [5.41, 5.74) is 3.27. The van der Waals surface area contributed by atoms with Crippen LogP contribution in [0.4, 0.5) is 0 Å². The molecule has 0 N–H and O–H groups in total. The quantitative estimate of drug-likeness (QED) is 0.667. The van der Waals surface area contributed by atoms with Crippen LogP contribution in [-0.2, 0) is 6.42 Å². The zero-order valence-corrected chi connectivity index (χ0v) is 11.3. The summed E-state index contributed by atoms with van der Waals surface area (Å²) in [6.07, 6.45) is 8.11. The minimum absolute atomic E-state index is 0.830. The maximum absolute atomic E-state index is 2.41. The molecule has 0 amide bonds. The summed E-state index contributed by atoms with van der Waals surface area (Å²) >= 11 is 0. The molecule has 3 rings (SSSR count). The Morgan fingerprint density at radius 3 is 2.56 bits per heavy atom. The van der Waals surface area contributed by atoms with Gasteiger partial charge in [0.2, 0.25) is 0 Å². The Hall–Kier alpha value is -1.30. The lowest BCUT2D eigenvalue weighted by molar-refractivity contribution is 0.710. The predicted molar refractivity (Wildman–Crippen MR) is 79.2 cm³/mol. The van der Waals surface area contributed by atoms with E-state index in [0.29, 0.717) is 0 Å². The first-order valence-corrected chi connectivity index (χ1v) is 7.40. The van der Waals surface area contributed by atoms with Crippen molar-refractivity contribution in [3.05, 3.63) is 47.5 Å². The molecule has 2 aromatic rings. The first-order chi connectivity index (χ1) is 8.90. The van der Waals surface area contributed by atoms with E-state index in [0.717, 1.165) is 5.92 Å². The minimum atomic E-state index is 0.830. The number of hydrogen-bond donors (Lipinski definition) is 0. The van der Waals surface area contributed by atoms with Gasteiger partial charge in [0.15, 0.2) is 0 Å². The van der Waals surface area contributed by atoms with Crippen molar-refractivity contribution in [3.63, 3.8) is 0 Å². The SMILES string of the molecule is CCCc1c(C2CCCC2)ccc2ccccc12. The largest absolute Gasteiger partial charge is 0.0651 e. The third-order valence-electron chi connectivity index (χ3n) is 4.37. The van der Waals surface area contributed by atoms with Crippen molar-refractivity contribution in [2.24, 2.45) is 0 Å². The van der Waals surface area contributed by atoms with Gasteiger partial charge < -0.3 is 0 Å². The molecule has 0 atom stereocenters. The number of benzene rings is 2. The highest BCUT2D eigenvalue weighted by molar-refractivity contribution is 5.87. The molecule has 0 radical (unpaired) electrons. The Bertz CT molecular complexity index is 533. The van der Waals surface area contributed by atoms with E-state index in [9.17, 15) is 0 Å². The Balaban J connectivity index is 2.14. The van der Waals surface area contributed by atoms with Crippen LogP contribution >= 0.6 is 0 Å². The van der Waals surface area contributed by atoms with Gasteiger partial charge in [-0.1, -0.05) is 62.6 Å². The van der Waals surface area contributed by atoms with Gasteiger partial charge in [0.05, 0.1) is 0 Å². The van der Waals surface area contributed by atoms with Gasteiger partial charge in [-0.05, 0) is 47.1 Å². The van der Waals surface area contributed by atoms with Crippen LogP contribution in [0.15, 0.2) is 36.4 Å². The molecule has 2 aromatic carbocycles. The summed E-state index contributed by atoms with van der Waals surface area (Å²) in [5, 5.41) is 2.89. The fraction of sp³-hybridized carbons (Fsp3) is 0.444. The number of fused-ring (bicyclic) bond motifs is 1. The van der Waals surface area contributed by atoms with Crippen LogP contribution in [0.1, 0.15) is 56.1 Å². The molecule has 0 spiro atoms. The molecular formula is C18H22. The zero-order valence-electron chi connectivity index (χ0n) is 11.3. The maximum Gasteiger partial charge on any atom is -0.0149 e. The molecule has 1 saturated carbocycles. The van der Waals surface area contributed by atoms with Gasteiger partial charge in [0.1, 0.15) is 0 Å². The number of hydrogen-bond acceptors (Lipinski definition) is 0. The fourth-order valence-electron chi connectivity index (χ4n) is 3.50. The Labute approximate surface area is 110 Å². The Morgan fingerprint density at radius 1 is 1.00 bits per heavy atom. The zero-order chi connectivity index (χ0) is 12.4. The normalized spacial score (nSPS) is 16.5. The molecule has 1 aliphatic carbocycles. The molecule has 0 unspecified atom stereocenters. The summed E-state index contributed by atoms with van der Waals surface area (Å²) in [5.74, 6) is 0.830. The molecule has 0 aliphatic heterocycles. The highest BCUT2D eigenvalue weighted by atomic mass is 14.2. The Morgan fingerprint density at radius 2 is 1.78 bits per heavy atom. The van der Waals surface area contributed by atoms with E-state index < -0.39 is 0 Å². The molecule has 1 aliphatic rings. The van der Waals surface area contributed by atoms with Gasteiger partial charge in [-0.25, -0.2) is 0 Å². The molecule has 0 heterocycles. The summed E-state index contributed by atoms with van der Waals surface area (Å²) in [6.45, 7) is 2.29. The molecule has 94 valence electrons. The summed E-state index contributed by atoms with van der Waals surface area (Å²) in [7, 11) is 0. The van der Waals surface area contributed by atoms with E-state index in [1.165, 1.54) is 49.3 Å². The van der Waals surface area contributed by atoms with E-state index in [-0.39, 0.29) is 0 Å². The summed E-state index contributed by atoms with van der Waals surface area (Å²) in [6, 6.07) is 13.6. The first kappa shape index (κ1) is 11.8. The first-order valence-electron chi connectivity index (χ1n) is 7.40. The third kappa shape index (κ3) is 2.05. The van der Waals surface area contributed by atoms with Gasteiger partial charge in [0.25, 0.3) is 0 Å². The highest BCUT2D eigenvalue weighted by Gasteiger charge is 2.20. The van der Waals surface area contributed by atoms with Crippen molar-refractivity contribution in [2.45, 2.75) is 51.4 Å². The average molecular weight is 238 g/mol. The van der Waals surface area contributed by atoms with Gasteiger partial charge in [-0.3, -0.25) is 0 Å². The molecule has 0 aromatic heterocycles. The van der Waals surface area contributed by atoms with Crippen molar-refractivity contribution in [2.75, 3.05) is 0 Å². The minimum Gasteiger partial charge on any atom is -0.0651 e. The van der Waals surface area contributed by atoms with E-state index >= 15 is 0 Å². The maximum atomic E-state index is 2.41. The second-order valence-corrected chi connectivity index (χ2v) is 5.59.